The Morgan fingerprint density at radius 2 is 1.77 bits per heavy atom. The second-order valence-corrected chi connectivity index (χ2v) is 8.10. The molecule has 0 saturated heterocycles. The highest BCUT2D eigenvalue weighted by Crippen LogP contribution is 2.36. The molecule has 2 aromatic carbocycles. The molecule has 31 heavy (non-hydrogen) atoms. The van der Waals surface area contributed by atoms with Crippen LogP contribution in [0.25, 0.3) is 22.0 Å². The van der Waals surface area contributed by atoms with Crippen molar-refractivity contribution in [3.8, 4) is 16.9 Å². The van der Waals surface area contributed by atoms with Crippen molar-refractivity contribution in [1.82, 2.24) is 9.88 Å². The van der Waals surface area contributed by atoms with E-state index in [0.29, 0.717) is 11.4 Å². The van der Waals surface area contributed by atoms with E-state index in [-0.39, 0.29) is 13.2 Å². The predicted molar refractivity (Wildman–Crippen MR) is 119 cm³/mol. The van der Waals surface area contributed by atoms with Gasteiger partial charge in [-0.2, -0.15) is 0 Å². The van der Waals surface area contributed by atoms with Crippen LogP contribution in [0.1, 0.15) is 31.3 Å². The van der Waals surface area contributed by atoms with Crippen molar-refractivity contribution in [3.63, 3.8) is 0 Å². The fourth-order valence-electron chi connectivity index (χ4n) is 3.35. The minimum Gasteiger partial charge on any atom is -0.491 e. The Kier molecular flexibility index (Phi) is 6.53. The molecule has 1 amide bonds. The number of hydrogen-bond acceptors (Lipinski definition) is 5. The fourth-order valence-corrected chi connectivity index (χ4v) is 3.35. The van der Waals surface area contributed by atoms with Gasteiger partial charge in [-0.25, -0.2) is 9.59 Å². The molecule has 3 rings (SSSR count). The molecule has 1 heterocycles. The maximum absolute atomic E-state index is 12.3. The van der Waals surface area contributed by atoms with Gasteiger partial charge >= 0.3 is 12.1 Å². The summed E-state index contributed by atoms with van der Waals surface area (Å²) in [5.74, 6) is 0.196. The number of aryl methyl sites for hydroxylation is 1. The Morgan fingerprint density at radius 3 is 2.42 bits per heavy atom. The summed E-state index contributed by atoms with van der Waals surface area (Å²) < 4.78 is 17.9. The maximum Gasteiger partial charge on any atom is 0.407 e. The normalized spacial score (nSPS) is 11.3. The van der Waals surface area contributed by atoms with E-state index in [9.17, 15) is 9.59 Å². The van der Waals surface area contributed by atoms with Gasteiger partial charge in [-0.1, -0.05) is 30.3 Å². The molecule has 7 heteroatoms. The van der Waals surface area contributed by atoms with Gasteiger partial charge in [0, 0.05) is 18.0 Å². The lowest BCUT2D eigenvalue weighted by Gasteiger charge is -2.19. The zero-order valence-electron chi connectivity index (χ0n) is 18.5. The first-order valence-corrected chi connectivity index (χ1v) is 10.1. The van der Waals surface area contributed by atoms with Gasteiger partial charge in [-0.3, -0.25) is 0 Å². The molecule has 0 saturated carbocycles. The van der Waals surface area contributed by atoms with E-state index in [1.807, 2.05) is 74.9 Å². The SMILES string of the molecule is COC(=O)c1cc2c(OCCNC(=O)OC(C)(C)C)ccc(-c3ccccc3)c2n1C. The van der Waals surface area contributed by atoms with Crippen LogP contribution < -0.4 is 10.1 Å². The van der Waals surface area contributed by atoms with E-state index in [2.05, 4.69) is 5.32 Å². The Labute approximate surface area is 181 Å². The molecule has 0 unspecified atom stereocenters. The minimum atomic E-state index is -0.557. The number of alkyl carbamates (subject to hydrolysis) is 1. The first-order chi connectivity index (χ1) is 14.7. The molecular formula is C24H28N2O5. The molecule has 0 fully saturated rings. The van der Waals surface area contributed by atoms with Crippen LogP contribution in [0.5, 0.6) is 5.75 Å². The van der Waals surface area contributed by atoms with Crippen LogP contribution in [0, 0.1) is 0 Å². The van der Waals surface area contributed by atoms with Crippen molar-refractivity contribution < 1.29 is 23.8 Å². The molecule has 7 nitrogen and oxygen atoms in total. The van der Waals surface area contributed by atoms with E-state index >= 15 is 0 Å². The van der Waals surface area contributed by atoms with Gasteiger partial charge < -0.3 is 24.1 Å². The van der Waals surface area contributed by atoms with Crippen molar-refractivity contribution in [2.24, 2.45) is 7.05 Å². The van der Waals surface area contributed by atoms with Gasteiger partial charge in [-0.15, -0.1) is 0 Å². The molecule has 164 valence electrons. The summed E-state index contributed by atoms with van der Waals surface area (Å²) >= 11 is 0. The number of carbonyl (C=O) groups excluding carboxylic acids is 2. The largest absolute Gasteiger partial charge is 0.491 e. The third-order valence-electron chi connectivity index (χ3n) is 4.66. The van der Waals surface area contributed by atoms with E-state index in [1.54, 1.807) is 6.07 Å². The minimum absolute atomic E-state index is 0.251. The second kappa shape index (κ2) is 9.12. The van der Waals surface area contributed by atoms with Gasteiger partial charge in [0.25, 0.3) is 0 Å². The van der Waals surface area contributed by atoms with E-state index in [4.69, 9.17) is 14.2 Å². The highest BCUT2D eigenvalue weighted by atomic mass is 16.6. The molecule has 0 radical (unpaired) electrons. The lowest BCUT2D eigenvalue weighted by molar-refractivity contribution is 0.0519. The number of rotatable bonds is 6. The average molecular weight is 424 g/mol. The number of methoxy groups -OCH3 is 1. The van der Waals surface area contributed by atoms with E-state index in [1.165, 1.54) is 7.11 Å². The number of ether oxygens (including phenoxy) is 3. The summed E-state index contributed by atoms with van der Waals surface area (Å²) in [6.45, 7) is 5.96. The molecular weight excluding hydrogens is 396 g/mol. The van der Waals surface area contributed by atoms with Crippen LogP contribution >= 0.6 is 0 Å². The number of nitrogens with one attached hydrogen (secondary N) is 1. The zero-order chi connectivity index (χ0) is 22.6. The number of carbonyl (C=O) groups is 2. The lowest BCUT2D eigenvalue weighted by Crippen LogP contribution is -2.34. The third-order valence-corrected chi connectivity index (χ3v) is 4.66. The molecule has 0 bridgehead atoms. The summed E-state index contributed by atoms with van der Waals surface area (Å²) in [6, 6.07) is 15.5. The van der Waals surface area contributed by atoms with Crippen LogP contribution in [0.2, 0.25) is 0 Å². The van der Waals surface area contributed by atoms with E-state index in [0.717, 1.165) is 22.0 Å². The summed E-state index contributed by atoms with van der Waals surface area (Å²) in [4.78, 5) is 24.1. The quantitative estimate of drug-likeness (QED) is 0.464. The Hall–Kier alpha value is -3.48. The fraction of sp³-hybridized carbons (Fsp3) is 0.333. The summed E-state index contributed by atoms with van der Waals surface area (Å²) in [6.07, 6.45) is -0.492. The first-order valence-electron chi connectivity index (χ1n) is 10.1. The second-order valence-electron chi connectivity index (χ2n) is 8.10. The number of esters is 1. The number of amides is 1. The Balaban J connectivity index is 1.87. The first kappa shape index (κ1) is 22.2. The monoisotopic (exact) mass is 424 g/mol. The molecule has 0 aliphatic heterocycles. The summed E-state index contributed by atoms with van der Waals surface area (Å²) in [7, 11) is 3.19. The summed E-state index contributed by atoms with van der Waals surface area (Å²) in [5.41, 5.74) is 2.75. The summed E-state index contributed by atoms with van der Waals surface area (Å²) in [5, 5.41) is 3.47. The van der Waals surface area contributed by atoms with Crippen molar-refractivity contribution in [2.45, 2.75) is 26.4 Å². The van der Waals surface area contributed by atoms with Crippen LogP contribution in [0.4, 0.5) is 4.79 Å². The topological polar surface area (TPSA) is 78.8 Å². The maximum atomic E-state index is 12.3. The Bertz CT molecular complexity index is 1080. The Morgan fingerprint density at radius 1 is 1.06 bits per heavy atom. The van der Waals surface area contributed by atoms with Crippen LogP contribution in [0.15, 0.2) is 48.5 Å². The van der Waals surface area contributed by atoms with Gasteiger partial charge in [0.05, 0.1) is 19.2 Å². The highest BCUT2D eigenvalue weighted by molar-refractivity contribution is 6.04. The average Bonchev–Trinajstić information content (AvgIpc) is 3.08. The number of benzene rings is 2. The molecule has 0 atom stereocenters. The zero-order valence-corrected chi connectivity index (χ0v) is 18.5. The van der Waals surface area contributed by atoms with Crippen LogP contribution in [-0.4, -0.2) is 42.5 Å². The van der Waals surface area contributed by atoms with Crippen molar-refractivity contribution in [2.75, 3.05) is 20.3 Å². The molecule has 0 spiro atoms. The molecule has 1 aromatic heterocycles. The van der Waals surface area contributed by atoms with Gasteiger partial charge in [0.2, 0.25) is 0 Å². The molecule has 0 aliphatic rings. The molecule has 3 aromatic rings. The van der Waals surface area contributed by atoms with Crippen molar-refractivity contribution >= 4 is 23.0 Å². The standard InChI is InChI=1S/C24H28N2O5/c1-24(2,3)31-23(28)25-13-14-30-20-12-11-17(16-9-7-6-8-10-16)21-18(20)15-19(26(21)4)22(27)29-5/h6-12,15H,13-14H2,1-5H3,(H,25,28). The van der Waals surface area contributed by atoms with Crippen LogP contribution in [0.3, 0.4) is 0 Å². The smallest absolute Gasteiger partial charge is 0.407 e. The molecule has 1 N–H and O–H groups in total. The van der Waals surface area contributed by atoms with Crippen molar-refractivity contribution in [1.29, 1.82) is 0 Å². The van der Waals surface area contributed by atoms with Gasteiger partial charge in [-0.05, 0) is 44.5 Å². The van der Waals surface area contributed by atoms with Crippen LogP contribution in [-0.2, 0) is 16.5 Å². The molecule has 0 aliphatic carbocycles. The number of aromatic nitrogens is 1. The third kappa shape index (κ3) is 5.17. The lowest BCUT2D eigenvalue weighted by atomic mass is 10.0. The van der Waals surface area contributed by atoms with Gasteiger partial charge in [0.15, 0.2) is 0 Å². The predicted octanol–water partition coefficient (Wildman–Crippen LogP) is 4.54. The highest BCUT2D eigenvalue weighted by Gasteiger charge is 2.20. The number of hydrogen-bond donors (Lipinski definition) is 1. The van der Waals surface area contributed by atoms with Gasteiger partial charge in [0.1, 0.15) is 23.7 Å². The number of fused-ring (bicyclic) bond motifs is 1. The van der Waals surface area contributed by atoms with E-state index < -0.39 is 17.7 Å². The number of nitrogens with zero attached hydrogens (tertiary/aromatic N) is 1. The van der Waals surface area contributed by atoms with Crippen molar-refractivity contribution in [3.05, 3.63) is 54.2 Å².